The number of carbonyl (C=O) groups excluding carboxylic acids is 1. The van der Waals surface area contributed by atoms with E-state index in [1.165, 1.54) is 12.1 Å². The predicted molar refractivity (Wildman–Crippen MR) is 84.4 cm³/mol. The number of aromatic nitrogens is 1. The Kier molecular flexibility index (Phi) is 6.04. The highest BCUT2D eigenvalue weighted by Crippen LogP contribution is 2.23. The lowest BCUT2D eigenvalue weighted by atomic mass is 10.2. The van der Waals surface area contributed by atoms with Crippen molar-refractivity contribution in [3.8, 4) is 11.6 Å². The number of alkyl halides is 3. The van der Waals surface area contributed by atoms with Gasteiger partial charge in [-0.25, -0.2) is 9.78 Å². The van der Waals surface area contributed by atoms with E-state index in [1.54, 1.807) is 18.3 Å². The van der Waals surface area contributed by atoms with E-state index in [1.807, 2.05) is 6.92 Å². The number of urea groups is 1. The first-order valence-corrected chi connectivity index (χ1v) is 7.34. The van der Waals surface area contributed by atoms with E-state index >= 15 is 0 Å². The van der Waals surface area contributed by atoms with Gasteiger partial charge < -0.3 is 20.1 Å². The normalized spacial score (nSPS) is 10.9. The van der Waals surface area contributed by atoms with Crippen LogP contribution in [-0.2, 0) is 6.54 Å². The lowest BCUT2D eigenvalue weighted by Crippen LogP contribution is -2.28. The number of hydrogen-bond donors (Lipinski definition) is 2. The maximum atomic E-state index is 12.1. The molecule has 0 fully saturated rings. The average molecular weight is 355 g/mol. The number of halogens is 3. The first kappa shape index (κ1) is 18.4. The molecule has 0 aliphatic rings. The van der Waals surface area contributed by atoms with Crippen molar-refractivity contribution in [3.63, 3.8) is 0 Å². The molecule has 6 nitrogen and oxygen atoms in total. The summed E-state index contributed by atoms with van der Waals surface area (Å²) in [6, 6.07) is 7.79. The molecule has 134 valence electrons. The van der Waals surface area contributed by atoms with Crippen molar-refractivity contribution in [1.82, 2.24) is 10.3 Å². The van der Waals surface area contributed by atoms with Gasteiger partial charge in [0.1, 0.15) is 5.75 Å². The van der Waals surface area contributed by atoms with Crippen molar-refractivity contribution >= 4 is 11.7 Å². The Hall–Kier alpha value is -2.97. The molecule has 2 rings (SSSR count). The van der Waals surface area contributed by atoms with Gasteiger partial charge in [0.2, 0.25) is 5.88 Å². The van der Waals surface area contributed by atoms with Crippen LogP contribution in [0.25, 0.3) is 0 Å². The van der Waals surface area contributed by atoms with Crippen LogP contribution in [-0.4, -0.2) is 24.0 Å². The van der Waals surface area contributed by atoms with Gasteiger partial charge in [0, 0.05) is 24.0 Å². The molecule has 1 aromatic carbocycles. The summed E-state index contributed by atoms with van der Waals surface area (Å²) >= 11 is 0. The van der Waals surface area contributed by atoms with Gasteiger partial charge in [-0.3, -0.25) is 0 Å². The van der Waals surface area contributed by atoms with E-state index in [-0.39, 0.29) is 12.3 Å². The molecule has 9 heteroatoms. The van der Waals surface area contributed by atoms with Crippen LogP contribution in [0.2, 0.25) is 0 Å². The van der Waals surface area contributed by atoms with Gasteiger partial charge in [-0.05, 0) is 37.3 Å². The monoisotopic (exact) mass is 355 g/mol. The minimum Gasteiger partial charge on any atom is -0.478 e. The van der Waals surface area contributed by atoms with E-state index < -0.39 is 12.4 Å². The van der Waals surface area contributed by atoms with Crippen molar-refractivity contribution in [2.45, 2.75) is 19.8 Å². The zero-order valence-corrected chi connectivity index (χ0v) is 13.3. The summed E-state index contributed by atoms with van der Waals surface area (Å²) in [5.74, 6) is 0.0640. The molecule has 2 aromatic rings. The zero-order valence-electron chi connectivity index (χ0n) is 13.3. The lowest BCUT2D eigenvalue weighted by molar-refractivity contribution is -0.274. The molecular formula is C16H16F3N3O3. The number of carbonyl (C=O) groups is 1. The molecule has 0 bridgehead atoms. The number of anilines is 1. The molecule has 0 saturated carbocycles. The molecule has 0 atom stereocenters. The smallest absolute Gasteiger partial charge is 0.478 e. The Morgan fingerprint density at radius 1 is 1.20 bits per heavy atom. The molecular weight excluding hydrogens is 339 g/mol. The minimum atomic E-state index is -4.76. The summed E-state index contributed by atoms with van der Waals surface area (Å²) in [5.41, 5.74) is 1.02. The van der Waals surface area contributed by atoms with Crippen LogP contribution in [0.5, 0.6) is 11.6 Å². The van der Waals surface area contributed by atoms with E-state index in [4.69, 9.17) is 4.74 Å². The zero-order chi connectivity index (χ0) is 18.3. The Morgan fingerprint density at radius 3 is 2.56 bits per heavy atom. The quantitative estimate of drug-likeness (QED) is 0.829. The summed E-state index contributed by atoms with van der Waals surface area (Å²) in [6.45, 7) is 2.46. The van der Waals surface area contributed by atoms with Crippen LogP contribution in [0.4, 0.5) is 23.7 Å². The SMILES string of the molecule is CCOc1ncccc1CNC(=O)Nc1ccc(OC(F)(F)F)cc1. The molecule has 1 aromatic heterocycles. The largest absolute Gasteiger partial charge is 0.573 e. The van der Waals surface area contributed by atoms with Gasteiger partial charge >= 0.3 is 12.4 Å². The first-order valence-electron chi connectivity index (χ1n) is 7.34. The van der Waals surface area contributed by atoms with Gasteiger partial charge in [-0.1, -0.05) is 6.07 Å². The maximum absolute atomic E-state index is 12.1. The van der Waals surface area contributed by atoms with Gasteiger partial charge in [-0.2, -0.15) is 0 Å². The van der Waals surface area contributed by atoms with Crippen molar-refractivity contribution in [1.29, 1.82) is 0 Å². The number of pyridine rings is 1. The second-order valence-corrected chi connectivity index (χ2v) is 4.78. The highest BCUT2D eigenvalue weighted by atomic mass is 19.4. The summed E-state index contributed by atoms with van der Waals surface area (Å²) in [5, 5.41) is 5.12. The first-order chi connectivity index (χ1) is 11.9. The second-order valence-electron chi connectivity index (χ2n) is 4.78. The van der Waals surface area contributed by atoms with E-state index in [0.717, 1.165) is 12.1 Å². The molecule has 0 saturated heterocycles. The Balaban J connectivity index is 1.88. The topological polar surface area (TPSA) is 72.5 Å². The number of hydrogen-bond acceptors (Lipinski definition) is 4. The van der Waals surface area contributed by atoms with Crippen molar-refractivity contribution in [2.75, 3.05) is 11.9 Å². The molecule has 0 aliphatic heterocycles. The Morgan fingerprint density at radius 2 is 1.92 bits per heavy atom. The summed E-state index contributed by atoms with van der Waals surface area (Å²) < 4.78 is 45.4. The summed E-state index contributed by atoms with van der Waals surface area (Å²) in [4.78, 5) is 15.9. The fourth-order valence-corrected chi connectivity index (χ4v) is 1.92. The van der Waals surface area contributed by atoms with Gasteiger partial charge in [0.25, 0.3) is 0 Å². The number of rotatable bonds is 6. The third-order valence-corrected chi connectivity index (χ3v) is 2.92. The molecule has 0 aliphatic carbocycles. The Labute approximate surface area is 142 Å². The third kappa shape index (κ3) is 6.21. The maximum Gasteiger partial charge on any atom is 0.573 e. The number of ether oxygens (including phenoxy) is 2. The molecule has 0 spiro atoms. The van der Waals surface area contributed by atoms with E-state index in [0.29, 0.717) is 23.7 Å². The van der Waals surface area contributed by atoms with Gasteiger partial charge in [-0.15, -0.1) is 13.2 Å². The molecule has 0 radical (unpaired) electrons. The number of amides is 2. The van der Waals surface area contributed by atoms with Crippen molar-refractivity contribution in [3.05, 3.63) is 48.2 Å². The third-order valence-electron chi connectivity index (χ3n) is 2.92. The van der Waals surface area contributed by atoms with Gasteiger partial charge in [0.05, 0.1) is 6.61 Å². The standard InChI is InChI=1S/C16H16F3N3O3/c1-2-24-14-11(4-3-9-20-14)10-21-15(23)22-12-5-7-13(8-6-12)25-16(17,18)19/h3-9H,2,10H2,1H3,(H2,21,22,23). The van der Waals surface area contributed by atoms with Crippen LogP contribution in [0, 0.1) is 0 Å². The molecule has 0 unspecified atom stereocenters. The average Bonchev–Trinajstić information content (AvgIpc) is 2.55. The minimum absolute atomic E-state index is 0.185. The van der Waals surface area contributed by atoms with Crippen LogP contribution in [0.3, 0.4) is 0 Å². The summed E-state index contributed by atoms with van der Waals surface area (Å²) in [7, 11) is 0. The van der Waals surface area contributed by atoms with Crippen molar-refractivity contribution in [2.24, 2.45) is 0 Å². The fourth-order valence-electron chi connectivity index (χ4n) is 1.92. The number of nitrogens with zero attached hydrogens (tertiary/aromatic N) is 1. The number of nitrogens with one attached hydrogen (secondary N) is 2. The van der Waals surface area contributed by atoms with E-state index in [9.17, 15) is 18.0 Å². The highest BCUT2D eigenvalue weighted by Gasteiger charge is 2.30. The van der Waals surface area contributed by atoms with Crippen molar-refractivity contribution < 1.29 is 27.4 Å². The Bertz CT molecular complexity index is 706. The van der Waals surface area contributed by atoms with Crippen LogP contribution >= 0.6 is 0 Å². The molecule has 2 N–H and O–H groups in total. The van der Waals surface area contributed by atoms with Gasteiger partial charge in [0.15, 0.2) is 0 Å². The molecule has 25 heavy (non-hydrogen) atoms. The second kappa shape index (κ2) is 8.22. The predicted octanol–water partition coefficient (Wildman–Crippen LogP) is 3.70. The van der Waals surface area contributed by atoms with Crippen LogP contribution < -0.4 is 20.1 Å². The van der Waals surface area contributed by atoms with Crippen LogP contribution in [0.15, 0.2) is 42.6 Å². The summed E-state index contributed by atoms with van der Waals surface area (Å²) in [6.07, 6.45) is -3.17. The molecule has 1 heterocycles. The van der Waals surface area contributed by atoms with E-state index in [2.05, 4.69) is 20.4 Å². The molecule has 2 amide bonds. The lowest BCUT2D eigenvalue weighted by Gasteiger charge is -2.11. The highest BCUT2D eigenvalue weighted by molar-refractivity contribution is 5.89. The van der Waals surface area contributed by atoms with Crippen LogP contribution in [0.1, 0.15) is 12.5 Å². The fraction of sp³-hybridized carbons (Fsp3) is 0.250. The number of benzene rings is 1.